The SMILES string of the molecule is O=C(Cc1ccc[nH]1)N1CC2=C(C1)CN(S(=O)(=O)c1cccnc1)C2. The van der Waals surface area contributed by atoms with Crippen molar-refractivity contribution in [3.8, 4) is 0 Å². The molecular weight excluding hydrogens is 340 g/mol. The third-order valence-electron chi connectivity index (χ3n) is 4.63. The highest BCUT2D eigenvalue weighted by Gasteiger charge is 2.37. The van der Waals surface area contributed by atoms with E-state index < -0.39 is 10.0 Å². The molecule has 1 amide bonds. The summed E-state index contributed by atoms with van der Waals surface area (Å²) in [6.45, 7) is 1.71. The molecule has 2 aromatic heterocycles. The molecule has 0 aliphatic carbocycles. The Kier molecular flexibility index (Phi) is 3.93. The minimum atomic E-state index is -3.54. The number of pyridine rings is 1. The van der Waals surface area contributed by atoms with E-state index in [2.05, 4.69) is 9.97 Å². The molecule has 25 heavy (non-hydrogen) atoms. The van der Waals surface area contributed by atoms with E-state index in [1.54, 1.807) is 29.4 Å². The molecular formula is C17H18N4O3S. The molecule has 1 N–H and O–H groups in total. The average molecular weight is 358 g/mol. The summed E-state index contributed by atoms with van der Waals surface area (Å²) in [5, 5.41) is 0. The summed E-state index contributed by atoms with van der Waals surface area (Å²) in [6, 6.07) is 6.92. The van der Waals surface area contributed by atoms with E-state index in [9.17, 15) is 13.2 Å². The molecule has 0 saturated carbocycles. The number of sulfonamides is 1. The predicted molar refractivity (Wildman–Crippen MR) is 91.1 cm³/mol. The van der Waals surface area contributed by atoms with Crippen LogP contribution in [0.15, 0.2) is 58.9 Å². The number of amides is 1. The van der Waals surface area contributed by atoms with Gasteiger partial charge < -0.3 is 9.88 Å². The molecule has 4 heterocycles. The van der Waals surface area contributed by atoms with Crippen molar-refractivity contribution in [2.75, 3.05) is 26.2 Å². The number of nitrogens with zero attached hydrogens (tertiary/aromatic N) is 3. The number of aromatic amines is 1. The Labute approximate surface area is 146 Å². The van der Waals surface area contributed by atoms with Gasteiger partial charge in [-0.1, -0.05) is 0 Å². The minimum Gasteiger partial charge on any atom is -0.365 e. The van der Waals surface area contributed by atoms with Gasteiger partial charge >= 0.3 is 0 Å². The lowest BCUT2D eigenvalue weighted by Crippen LogP contribution is -2.37. The first kappa shape index (κ1) is 16.0. The quantitative estimate of drug-likeness (QED) is 0.819. The first-order valence-corrected chi connectivity index (χ1v) is 9.48. The number of carbonyl (C=O) groups excluding carboxylic acids is 1. The van der Waals surface area contributed by atoms with Gasteiger partial charge in [-0.25, -0.2) is 8.42 Å². The third-order valence-corrected chi connectivity index (χ3v) is 6.40. The number of hydrogen-bond acceptors (Lipinski definition) is 4. The summed E-state index contributed by atoms with van der Waals surface area (Å²) >= 11 is 0. The number of hydrogen-bond donors (Lipinski definition) is 1. The maximum atomic E-state index is 12.7. The van der Waals surface area contributed by atoms with Crippen LogP contribution in [0.5, 0.6) is 0 Å². The van der Waals surface area contributed by atoms with Gasteiger partial charge in [0.15, 0.2) is 0 Å². The van der Waals surface area contributed by atoms with Crippen molar-refractivity contribution in [1.29, 1.82) is 0 Å². The van der Waals surface area contributed by atoms with Crippen molar-refractivity contribution >= 4 is 15.9 Å². The van der Waals surface area contributed by atoms with Gasteiger partial charge in [-0.2, -0.15) is 4.31 Å². The summed E-state index contributed by atoms with van der Waals surface area (Å²) in [4.78, 5) is 21.3. The molecule has 7 nitrogen and oxygen atoms in total. The summed E-state index contributed by atoms with van der Waals surface area (Å²) in [7, 11) is -3.54. The van der Waals surface area contributed by atoms with E-state index in [-0.39, 0.29) is 10.8 Å². The molecule has 0 unspecified atom stereocenters. The van der Waals surface area contributed by atoms with Gasteiger partial charge in [0.1, 0.15) is 4.90 Å². The van der Waals surface area contributed by atoms with Crippen LogP contribution in [0.25, 0.3) is 0 Å². The Hall–Kier alpha value is -2.45. The molecule has 2 aliphatic heterocycles. The third kappa shape index (κ3) is 2.98. The molecule has 2 aliphatic rings. The number of H-pyrrole nitrogens is 1. The maximum absolute atomic E-state index is 12.7. The molecule has 2 aromatic rings. The molecule has 0 aromatic carbocycles. The summed E-state index contributed by atoms with van der Waals surface area (Å²) in [6.07, 6.45) is 5.05. The lowest BCUT2D eigenvalue weighted by atomic mass is 10.2. The minimum absolute atomic E-state index is 0.0542. The highest BCUT2D eigenvalue weighted by Crippen LogP contribution is 2.29. The van der Waals surface area contributed by atoms with E-state index in [0.717, 1.165) is 16.8 Å². The summed E-state index contributed by atoms with van der Waals surface area (Å²) in [5.41, 5.74) is 2.96. The highest BCUT2D eigenvalue weighted by atomic mass is 32.2. The van der Waals surface area contributed by atoms with Gasteiger partial charge in [0, 0.05) is 50.5 Å². The first-order chi connectivity index (χ1) is 12.0. The van der Waals surface area contributed by atoms with Crippen LogP contribution in [0.3, 0.4) is 0 Å². The van der Waals surface area contributed by atoms with Crippen LogP contribution in [-0.2, 0) is 21.2 Å². The fourth-order valence-corrected chi connectivity index (χ4v) is 4.69. The predicted octanol–water partition coefficient (Wildman–Crippen LogP) is 0.795. The van der Waals surface area contributed by atoms with Crippen LogP contribution in [0.1, 0.15) is 5.69 Å². The summed E-state index contributed by atoms with van der Waals surface area (Å²) in [5.74, 6) is 0.0542. The van der Waals surface area contributed by atoms with Crippen molar-refractivity contribution in [2.24, 2.45) is 0 Å². The van der Waals surface area contributed by atoms with Crippen molar-refractivity contribution in [2.45, 2.75) is 11.3 Å². The molecule has 0 bridgehead atoms. The van der Waals surface area contributed by atoms with Gasteiger partial charge in [0.2, 0.25) is 15.9 Å². The van der Waals surface area contributed by atoms with Crippen LogP contribution in [0.2, 0.25) is 0 Å². The van der Waals surface area contributed by atoms with Gasteiger partial charge in [0.25, 0.3) is 0 Å². The lowest BCUT2D eigenvalue weighted by molar-refractivity contribution is -0.129. The zero-order valence-electron chi connectivity index (χ0n) is 13.6. The second-order valence-corrected chi connectivity index (χ2v) is 8.23. The van der Waals surface area contributed by atoms with Crippen molar-refractivity contribution in [1.82, 2.24) is 19.2 Å². The van der Waals surface area contributed by atoms with E-state index >= 15 is 0 Å². The monoisotopic (exact) mass is 358 g/mol. The van der Waals surface area contributed by atoms with Crippen LogP contribution < -0.4 is 0 Å². The summed E-state index contributed by atoms with van der Waals surface area (Å²) < 4.78 is 26.8. The molecule has 0 spiro atoms. The zero-order chi connectivity index (χ0) is 17.4. The van der Waals surface area contributed by atoms with Crippen molar-refractivity contribution in [3.05, 3.63) is 59.7 Å². The second-order valence-electron chi connectivity index (χ2n) is 6.29. The fourth-order valence-electron chi connectivity index (χ4n) is 3.29. The molecule has 0 fully saturated rings. The second kappa shape index (κ2) is 6.12. The number of rotatable bonds is 4. The molecule has 4 rings (SSSR count). The van der Waals surface area contributed by atoms with Gasteiger partial charge in [-0.15, -0.1) is 0 Å². The number of nitrogens with one attached hydrogen (secondary N) is 1. The standard InChI is InChI=1S/C17H18N4O3S/c22-17(7-15-3-1-6-19-15)20-9-13-11-21(12-14(13)10-20)25(23,24)16-4-2-5-18-8-16/h1-6,8,19H,7,9-12H2. The Balaban J connectivity index is 1.40. The average Bonchev–Trinajstić information content (AvgIpc) is 3.31. The van der Waals surface area contributed by atoms with Crippen LogP contribution in [0, 0.1) is 0 Å². The first-order valence-electron chi connectivity index (χ1n) is 8.04. The smallest absolute Gasteiger partial charge is 0.245 e. The van der Waals surface area contributed by atoms with Crippen LogP contribution >= 0.6 is 0 Å². The van der Waals surface area contributed by atoms with E-state index in [1.165, 1.54) is 10.5 Å². The van der Waals surface area contributed by atoms with E-state index in [1.807, 2.05) is 12.1 Å². The molecule has 0 radical (unpaired) electrons. The fraction of sp³-hybridized carbons (Fsp3) is 0.294. The van der Waals surface area contributed by atoms with E-state index in [0.29, 0.717) is 32.6 Å². The zero-order valence-corrected chi connectivity index (χ0v) is 14.4. The lowest BCUT2D eigenvalue weighted by Gasteiger charge is -2.22. The highest BCUT2D eigenvalue weighted by molar-refractivity contribution is 7.89. The largest absolute Gasteiger partial charge is 0.365 e. The molecule has 8 heteroatoms. The Bertz CT molecular complexity index is 902. The maximum Gasteiger partial charge on any atom is 0.245 e. The van der Waals surface area contributed by atoms with Crippen molar-refractivity contribution < 1.29 is 13.2 Å². The Morgan fingerprint density at radius 3 is 2.48 bits per heavy atom. The molecule has 0 saturated heterocycles. The van der Waals surface area contributed by atoms with Crippen molar-refractivity contribution in [3.63, 3.8) is 0 Å². The van der Waals surface area contributed by atoms with Crippen LogP contribution in [-0.4, -0.2) is 59.7 Å². The Morgan fingerprint density at radius 1 is 1.12 bits per heavy atom. The topological polar surface area (TPSA) is 86.4 Å². The van der Waals surface area contributed by atoms with Crippen LogP contribution in [0.4, 0.5) is 0 Å². The molecule has 130 valence electrons. The van der Waals surface area contributed by atoms with Gasteiger partial charge in [0.05, 0.1) is 6.42 Å². The number of carbonyl (C=O) groups is 1. The number of aromatic nitrogens is 2. The van der Waals surface area contributed by atoms with E-state index in [4.69, 9.17) is 0 Å². The molecule has 0 atom stereocenters. The normalized spacial score (nSPS) is 18.0. The van der Waals surface area contributed by atoms with Gasteiger partial charge in [-0.05, 0) is 35.4 Å². The van der Waals surface area contributed by atoms with Gasteiger partial charge in [-0.3, -0.25) is 9.78 Å². The Morgan fingerprint density at radius 2 is 1.88 bits per heavy atom.